The smallest absolute Gasteiger partial charge is 0.124 e. The summed E-state index contributed by atoms with van der Waals surface area (Å²) in [5.41, 5.74) is 6.24. The zero-order chi connectivity index (χ0) is 9.68. The van der Waals surface area contributed by atoms with E-state index >= 15 is 0 Å². The fourth-order valence-electron chi connectivity index (χ4n) is 0.914. The predicted octanol–water partition coefficient (Wildman–Crippen LogP) is 1.16. The highest BCUT2D eigenvalue weighted by Crippen LogP contribution is 2.12. The van der Waals surface area contributed by atoms with E-state index in [0.717, 1.165) is 5.56 Å². The summed E-state index contributed by atoms with van der Waals surface area (Å²) in [6.45, 7) is 2.47. The van der Waals surface area contributed by atoms with E-state index in [2.05, 4.69) is 4.99 Å². The van der Waals surface area contributed by atoms with Gasteiger partial charge < -0.3 is 10.8 Å². The molecule has 3 N–H and O–H groups in total. The van der Waals surface area contributed by atoms with Gasteiger partial charge in [-0.05, 0) is 19.1 Å². The number of rotatable bonds is 3. The molecule has 0 aliphatic heterocycles. The van der Waals surface area contributed by atoms with Crippen LogP contribution in [0.3, 0.4) is 0 Å². The SMILES string of the molecule is C[C@H](N)CN=Cc1ccccc1O. The van der Waals surface area contributed by atoms with Gasteiger partial charge in [-0.1, -0.05) is 12.1 Å². The number of nitrogens with zero attached hydrogens (tertiary/aromatic N) is 1. The molecule has 1 aromatic rings. The van der Waals surface area contributed by atoms with E-state index in [9.17, 15) is 5.11 Å². The second-order valence-corrected chi connectivity index (χ2v) is 3.03. The van der Waals surface area contributed by atoms with Crippen LogP contribution >= 0.6 is 0 Å². The van der Waals surface area contributed by atoms with E-state index in [1.807, 2.05) is 13.0 Å². The Bertz CT molecular complexity index is 295. The van der Waals surface area contributed by atoms with E-state index in [-0.39, 0.29) is 11.8 Å². The maximum absolute atomic E-state index is 9.35. The fraction of sp³-hybridized carbons (Fsp3) is 0.300. The van der Waals surface area contributed by atoms with Crippen molar-refractivity contribution in [1.29, 1.82) is 0 Å². The van der Waals surface area contributed by atoms with Gasteiger partial charge in [-0.3, -0.25) is 4.99 Å². The normalized spacial score (nSPS) is 13.4. The van der Waals surface area contributed by atoms with Gasteiger partial charge in [-0.2, -0.15) is 0 Å². The average Bonchev–Trinajstić information content (AvgIpc) is 2.08. The zero-order valence-corrected chi connectivity index (χ0v) is 7.64. The zero-order valence-electron chi connectivity index (χ0n) is 7.64. The van der Waals surface area contributed by atoms with Gasteiger partial charge in [0, 0.05) is 17.8 Å². The number of hydrogen-bond donors (Lipinski definition) is 2. The van der Waals surface area contributed by atoms with Crippen molar-refractivity contribution in [1.82, 2.24) is 0 Å². The lowest BCUT2D eigenvalue weighted by atomic mass is 10.2. The van der Waals surface area contributed by atoms with Crippen LogP contribution in [0.15, 0.2) is 29.3 Å². The molecule has 0 amide bonds. The van der Waals surface area contributed by atoms with Crippen LogP contribution in [0.4, 0.5) is 0 Å². The third-order valence-electron chi connectivity index (χ3n) is 1.56. The van der Waals surface area contributed by atoms with Crippen molar-refractivity contribution < 1.29 is 5.11 Å². The highest BCUT2D eigenvalue weighted by Gasteiger charge is 1.94. The first-order valence-electron chi connectivity index (χ1n) is 4.23. The Balaban J connectivity index is 2.63. The van der Waals surface area contributed by atoms with Gasteiger partial charge in [0.15, 0.2) is 0 Å². The van der Waals surface area contributed by atoms with Crippen LogP contribution < -0.4 is 5.73 Å². The van der Waals surface area contributed by atoms with Crippen molar-refractivity contribution in [3.05, 3.63) is 29.8 Å². The van der Waals surface area contributed by atoms with Crippen LogP contribution in [0, 0.1) is 0 Å². The van der Waals surface area contributed by atoms with Crippen molar-refractivity contribution in [2.45, 2.75) is 13.0 Å². The Labute approximate surface area is 77.9 Å². The minimum atomic E-state index is 0.0575. The molecule has 0 aliphatic rings. The molecule has 0 aliphatic carbocycles. The van der Waals surface area contributed by atoms with Crippen molar-refractivity contribution in [3.63, 3.8) is 0 Å². The Morgan fingerprint density at radius 2 is 2.23 bits per heavy atom. The molecular formula is C10H14N2O. The average molecular weight is 178 g/mol. The number of aromatic hydroxyl groups is 1. The molecule has 1 rings (SSSR count). The lowest BCUT2D eigenvalue weighted by Gasteiger charge is -1.99. The number of nitrogens with two attached hydrogens (primary N) is 1. The fourth-order valence-corrected chi connectivity index (χ4v) is 0.914. The Morgan fingerprint density at radius 1 is 1.54 bits per heavy atom. The summed E-state index contributed by atoms with van der Waals surface area (Å²) in [4.78, 5) is 4.09. The van der Waals surface area contributed by atoms with E-state index < -0.39 is 0 Å². The van der Waals surface area contributed by atoms with Crippen LogP contribution in [-0.4, -0.2) is 23.9 Å². The highest BCUT2D eigenvalue weighted by atomic mass is 16.3. The van der Waals surface area contributed by atoms with Crippen LogP contribution in [0.2, 0.25) is 0 Å². The Morgan fingerprint density at radius 3 is 2.85 bits per heavy atom. The van der Waals surface area contributed by atoms with Gasteiger partial charge in [0.25, 0.3) is 0 Å². The first-order chi connectivity index (χ1) is 6.20. The maximum Gasteiger partial charge on any atom is 0.124 e. The van der Waals surface area contributed by atoms with Crippen molar-refractivity contribution in [3.8, 4) is 5.75 Å². The standard InChI is InChI=1S/C10H14N2O/c1-8(11)6-12-7-9-4-2-3-5-10(9)13/h2-5,7-8,13H,6,11H2,1H3/t8-/m0/s1. The molecule has 1 aromatic carbocycles. The Hall–Kier alpha value is -1.35. The van der Waals surface area contributed by atoms with Gasteiger partial charge in [-0.15, -0.1) is 0 Å². The molecule has 3 heteroatoms. The largest absolute Gasteiger partial charge is 0.507 e. The van der Waals surface area contributed by atoms with Crippen molar-refractivity contribution in [2.75, 3.05) is 6.54 Å². The molecule has 3 nitrogen and oxygen atoms in total. The summed E-state index contributed by atoms with van der Waals surface area (Å²) in [7, 11) is 0. The van der Waals surface area contributed by atoms with Gasteiger partial charge >= 0.3 is 0 Å². The molecule has 0 saturated heterocycles. The number of hydrogen-bond acceptors (Lipinski definition) is 3. The number of para-hydroxylation sites is 1. The van der Waals surface area contributed by atoms with E-state index in [0.29, 0.717) is 6.54 Å². The molecule has 0 fully saturated rings. The molecule has 0 heterocycles. The second kappa shape index (κ2) is 4.62. The summed E-state index contributed by atoms with van der Waals surface area (Å²) in [6.07, 6.45) is 1.64. The first-order valence-corrected chi connectivity index (χ1v) is 4.23. The van der Waals surface area contributed by atoms with Crippen molar-refractivity contribution in [2.24, 2.45) is 10.7 Å². The molecule has 0 radical (unpaired) electrons. The van der Waals surface area contributed by atoms with Crippen LogP contribution in [-0.2, 0) is 0 Å². The maximum atomic E-state index is 9.35. The highest BCUT2D eigenvalue weighted by molar-refractivity contribution is 5.83. The van der Waals surface area contributed by atoms with Crippen LogP contribution in [0.5, 0.6) is 5.75 Å². The van der Waals surface area contributed by atoms with Gasteiger partial charge in [-0.25, -0.2) is 0 Å². The summed E-state index contributed by atoms with van der Waals surface area (Å²) in [6, 6.07) is 7.13. The van der Waals surface area contributed by atoms with Gasteiger partial charge in [0.05, 0.1) is 6.54 Å². The van der Waals surface area contributed by atoms with Crippen LogP contribution in [0.25, 0.3) is 0 Å². The molecule has 1 atom stereocenters. The van der Waals surface area contributed by atoms with Gasteiger partial charge in [0.1, 0.15) is 5.75 Å². The minimum absolute atomic E-state index is 0.0575. The molecule has 70 valence electrons. The molecule has 0 bridgehead atoms. The number of aliphatic imine (C=N–C) groups is 1. The molecule has 0 saturated carbocycles. The summed E-state index contributed by atoms with van der Waals surface area (Å²) in [5.74, 6) is 0.246. The molecule has 13 heavy (non-hydrogen) atoms. The molecular weight excluding hydrogens is 164 g/mol. The summed E-state index contributed by atoms with van der Waals surface area (Å²) in [5, 5.41) is 9.35. The third-order valence-corrected chi connectivity index (χ3v) is 1.56. The third kappa shape index (κ3) is 3.25. The van der Waals surface area contributed by atoms with E-state index in [4.69, 9.17) is 5.73 Å². The molecule has 0 aromatic heterocycles. The van der Waals surface area contributed by atoms with Crippen molar-refractivity contribution >= 4 is 6.21 Å². The second-order valence-electron chi connectivity index (χ2n) is 3.03. The van der Waals surface area contributed by atoms with E-state index in [1.165, 1.54) is 0 Å². The topological polar surface area (TPSA) is 58.6 Å². The summed E-state index contributed by atoms with van der Waals surface area (Å²) < 4.78 is 0. The number of phenols is 1. The first kappa shape index (κ1) is 9.74. The molecule has 0 spiro atoms. The van der Waals surface area contributed by atoms with Gasteiger partial charge in [0.2, 0.25) is 0 Å². The molecule has 0 unspecified atom stereocenters. The predicted molar refractivity (Wildman–Crippen MR) is 54.2 cm³/mol. The summed E-state index contributed by atoms with van der Waals surface area (Å²) >= 11 is 0. The lowest BCUT2D eigenvalue weighted by Crippen LogP contribution is -2.18. The Kier molecular flexibility index (Phi) is 3.46. The lowest BCUT2D eigenvalue weighted by molar-refractivity contribution is 0.474. The monoisotopic (exact) mass is 178 g/mol. The van der Waals surface area contributed by atoms with Crippen LogP contribution in [0.1, 0.15) is 12.5 Å². The quantitative estimate of drug-likeness (QED) is 0.682. The minimum Gasteiger partial charge on any atom is -0.507 e. The number of phenolic OH excluding ortho intramolecular Hbond substituents is 1. The van der Waals surface area contributed by atoms with E-state index in [1.54, 1.807) is 24.4 Å². The number of benzene rings is 1.